The van der Waals surface area contributed by atoms with Crippen molar-refractivity contribution >= 4 is 37.0 Å². The van der Waals surface area contributed by atoms with E-state index in [9.17, 15) is 0 Å². The summed E-state index contributed by atoms with van der Waals surface area (Å²) in [6, 6.07) is 0. The zero-order valence-corrected chi connectivity index (χ0v) is 4.67. The zero-order valence-electron chi connectivity index (χ0n) is 2.22. The quantitative estimate of drug-likeness (QED) is 0.337. The molecule has 0 atom stereocenters. The van der Waals surface area contributed by atoms with Crippen LogP contribution in [-0.2, 0) is 0 Å². The van der Waals surface area contributed by atoms with Crippen molar-refractivity contribution in [3.8, 4) is 0 Å². The van der Waals surface area contributed by atoms with Gasteiger partial charge in [0.25, 0.3) is 0 Å². The van der Waals surface area contributed by atoms with Crippen molar-refractivity contribution in [3.05, 3.63) is 0 Å². The summed E-state index contributed by atoms with van der Waals surface area (Å²) in [5.41, 5.74) is 0. The van der Waals surface area contributed by atoms with E-state index in [1.165, 1.54) is 0 Å². The standard InChI is InChI=1S/BH2S3/c1-2-4-3-1/h1H2/q-1. The molecule has 1 saturated heterocycles. The van der Waals surface area contributed by atoms with Gasteiger partial charge in [0.1, 0.15) is 5.84 Å². The van der Waals surface area contributed by atoms with Gasteiger partial charge in [-0.25, -0.2) is 0 Å². The van der Waals surface area contributed by atoms with Crippen LogP contribution in [-0.4, -0.2) is 5.84 Å². The van der Waals surface area contributed by atoms with Crippen LogP contribution >= 0.6 is 31.1 Å². The lowest BCUT2D eigenvalue weighted by atomic mass is 10.7. The maximum Gasteiger partial charge on any atom is 0.105 e. The van der Waals surface area contributed by atoms with Gasteiger partial charge in [-0.3, -0.25) is 21.3 Å². The summed E-state index contributed by atoms with van der Waals surface area (Å²) in [6.07, 6.45) is 0. The highest BCUT2D eigenvalue weighted by Gasteiger charge is 1.86. The van der Waals surface area contributed by atoms with Crippen LogP contribution in [0.1, 0.15) is 0 Å². The van der Waals surface area contributed by atoms with E-state index in [1.54, 1.807) is 0 Å². The maximum atomic E-state index is 2.04. The van der Waals surface area contributed by atoms with E-state index in [4.69, 9.17) is 0 Å². The first-order valence-electron chi connectivity index (χ1n) is 1.15. The van der Waals surface area contributed by atoms with Crippen LogP contribution in [0, 0.1) is 0 Å². The van der Waals surface area contributed by atoms with Crippen LogP contribution in [0.5, 0.6) is 0 Å². The molecule has 4 heavy (non-hydrogen) atoms. The Labute approximate surface area is 37.3 Å². The summed E-state index contributed by atoms with van der Waals surface area (Å²) in [7, 11) is 6.01. The highest BCUT2D eigenvalue weighted by atomic mass is 33.5. The molecule has 1 aliphatic rings. The second-order valence-electron chi connectivity index (χ2n) is 0.568. The van der Waals surface area contributed by atoms with Gasteiger partial charge in [0.2, 0.25) is 0 Å². The van der Waals surface area contributed by atoms with E-state index in [0.717, 1.165) is 0 Å². The Hall–Kier alpha value is 1.11. The second-order valence-corrected chi connectivity index (χ2v) is 6.34. The molecule has 0 aromatic heterocycles. The van der Waals surface area contributed by atoms with Crippen molar-refractivity contribution in [2.24, 2.45) is 0 Å². The lowest BCUT2D eigenvalue weighted by molar-refractivity contribution is 4.79. The first kappa shape index (κ1) is 3.31. The molecule has 0 spiro atoms. The van der Waals surface area contributed by atoms with Crippen molar-refractivity contribution in [2.75, 3.05) is 0 Å². The summed E-state index contributed by atoms with van der Waals surface area (Å²) < 4.78 is 0. The molecule has 0 aromatic rings. The van der Waals surface area contributed by atoms with Crippen molar-refractivity contribution in [3.63, 3.8) is 0 Å². The largest absolute Gasteiger partial charge is 0.295 e. The third-order valence-electron chi connectivity index (χ3n) is 0.272. The lowest BCUT2D eigenvalue weighted by Gasteiger charge is -2.16. The SMILES string of the molecule is [BH2-]1SSS1. The van der Waals surface area contributed by atoms with Crippen molar-refractivity contribution in [1.82, 2.24) is 0 Å². The molecule has 24 valence electrons. The highest BCUT2D eigenvalue weighted by Crippen LogP contribution is 2.46. The summed E-state index contributed by atoms with van der Waals surface area (Å²) in [5, 5.41) is 0. The van der Waals surface area contributed by atoms with Gasteiger partial charge in [-0.15, -0.1) is 9.83 Å². The van der Waals surface area contributed by atoms with E-state index in [-0.39, 0.29) is 0 Å². The van der Waals surface area contributed by atoms with Gasteiger partial charge in [-0.05, 0) is 0 Å². The van der Waals surface area contributed by atoms with Crippen LogP contribution in [0.25, 0.3) is 0 Å². The van der Waals surface area contributed by atoms with Crippen molar-refractivity contribution in [1.29, 1.82) is 0 Å². The average Bonchev–Trinajstić information content (AvgIpc) is 0.722. The Balaban J connectivity index is 2.00. The molecule has 0 unspecified atom stereocenters. The summed E-state index contributed by atoms with van der Waals surface area (Å²) in [6.45, 7) is 0. The van der Waals surface area contributed by atoms with E-state index in [2.05, 4.69) is 0 Å². The van der Waals surface area contributed by atoms with Crippen LogP contribution in [0.15, 0.2) is 0 Å². The molecule has 1 rings (SSSR count). The fraction of sp³-hybridized carbons (Fsp3) is 0. The molecule has 1 heterocycles. The van der Waals surface area contributed by atoms with E-state index < -0.39 is 0 Å². The summed E-state index contributed by atoms with van der Waals surface area (Å²) in [5.74, 6) is 0.491. The molecule has 0 bridgehead atoms. The van der Waals surface area contributed by atoms with Crippen molar-refractivity contribution < 1.29 is 0 Å². The molecular formula is H2BS3-. The second kappa shape index (κ2) is 1.53. The van der Waals surface area contributed by atoms with Gasteiger partial charge < -0.3 is 0 Å². The molecule has 0 aliphatic carbocycles. The summed E-state index contributed by atoms with van der Waals surface area (Å²) in [4.78, 5) is 0. The van der Waals surface area contributed by atoms with Gasteiger partial charge in [0.05, 0.1) is 0 Å². The minimum Gasteiger partial charge on any atom is -0.295 e. The van der Waals surface area contributed by atoms with Gasteiger partial charge in [0, 0.05) is 0 Å². The molecule has 0 aromatic carbocycles. The van der Waals surface area contributed by atoms with E-state index >= 15 is 0 Å². The van der Waals surface area contributed by atoms with Crippen LogP contribution < -0.4 is 0 Å². The molecule has 1 fully saturated rings. The van der Waals surface area contributed by atoms with Gasteiger partial charge in [-0.1, -0.05) is 0 Å². The topological polar surface area (TPSA) is 0 Å². The van der Waals surface area contributed by atoms with Crippen LogP contribution in [0.4, 0.5) is 0 Å². The predicted octanol–water partition coefficient (Wildman–Crippen LogP) is 1.03. The molecule has 0 amide bonds. The number of hydrogen-bond donors (Lipinski definition) is 0. The average molecular weight is 109 g/mol. The highest BCUT2D eigenvalue weighted by molar-refractivity contribution is 9.31. The van der Waals surface area contributed by atoms with Gasteiger partial charge >= 0.3 is 0 Å². The number of rotatable bonds is 0. The van der Waals surface area contributed by atoms with Gasteiger partial charge in [-0.2, -0.15) is 0 Å². The minimum absolute atomic E-state index is 0.491. The normalized spacial score (nSPS) is 24.0. The number of hydrogen-bond acceptors (Lipinski definition) is 3. The lowest BCUT2D eigenvalue weighted by Crippen LogP contribution is -1.71. The smallest absolute Gasteiger partial charge is 0.105 e. The molecule has 4 heteroatoms. The van der Waals surface area contributed by atoms with Crippen molar-refractivity contribution in [2.45, 2.75) is 0 Å². The fourth-order valence-corrected chi connectivity index (χ4v) is 1.84. The Morgan fingerprint density at radius 2 is 1.50 bits per heavy atom. The Morgan fingerprint density at radius 3 is 1.50 bits per heavy atom. The molecule has 1 aliphatic heterocycles. The minimum atomic E-state index is 0.491. The zero-order chi connectivity index (χ0) is 2.83. The Bertz CT molecular complexity index is 11.2. The van der Waals surface area contributed by atoms with Gasteiger partial charge in [0.15, 0.2) is 0 Å². The molecule has 0 saturated carbocycles. The van der Waals surface area contributed by atoms with E-state index in [0.29, 0.717) is 5.84 Å². The molecule has 0 N–H and O–H groups in total. The fourth-order valence-electron chi connectivity index (χ4n) is 0.0680. The molecule has 0 nitrogen and oxygen atoms in total. The Morgan fingerprint density at radius 1 is 1.25 bits per heavy atom. The third-order valence-corrected chi connectivity index (χ3v) is 7.35. The first-order chi connectivity index (χ1) is 2.00. The molecule has 0 radical (unpaired) electrons. The van der Waals surface area contributed by atoms with Crippen LogP contribution in [0.2, 0.25) is 0 Å². The third kappa shape index (κ3) is 0.533. The molecular weight excluding hydrogens is 107 g/mol. The predicted molar refractivity (Wildman–Crippen MR) is 31.3 cm³/mol. The monoisotopic (exact) mass is 109 g/mol. The summed E-state index contributed by atoms with van der Waals surface area (Å²) >= 11 is 0. The van der Waals surface area contributed by atoms with E-state index in [1.807, 2.05) is 31.1 Å². The first-order valence-corrected chi connectivity index (χ1v) is 5.45. The van der Waals surface area contributed by atoms with Crippen LogP contribution in [0.3, 0.4) is 0 Å². The Kier molecular flexibility index (Phi) is 1.26. The maximum absolute atomic E-state index is 2.04.